The number of urea groups is 1. The molecule has 1 saturated heterocycles. The number of carbonyl (C=O) groups is 2. The second-order valence-corrected chi connectivity index (χ2v) is 7.13. The number of ether oxygens (including phenoxy) is 1. The molecule has 0 radical (unpaired) electrons. The first-order chi connectivity index (χ1) is 11.7. The molecular weight excluding hydrogens is 325 g/mol. The van der Waals surface area contributed by atoms with Gasteiger partial charge in [0, 0.05) is 19.5 Å². The van der Waals surface area contributed by atoms with Gasteiger partial charge in [-0.25, -0.2) is 19.4 Å². The number of hydrogen-bond donors (Lipinski definition) is 2. The van der Waals surface area contributed by atoms with Gasteiger partial charge < -0.3 is 10.1 Å². The van der Waals surface area contributed by atoms with E-state index in [-0.39, 0.29) is 18.3 Å². The van der Waals surface area contributed by atoms with Crippen molar-refractivity contribution in [2.24, 2.45) is 0 Å². The second-order valence-electron chi connectivity index (χ2n) is 7.13. The lowest BCUT2D eigenvalue weighted by molar-refractivity contribution is -0.157. The van der Waals surface area contributed by atoms with Gasteiger partial charge in [0.05, 0.1) is 0 Å². The Kier molecular flexibility index (Phi) is 6.36. The minimum atomic E-state index is -0.846. The van der Waals surface area contributed by atoms with Crippen LogP contribution < -0.4 is 10.7 Å². The summed E-state index contributed by atoms with van der Waals surface area (Å²) in [6.07, 6.45) is 2.15. The lowest BCUT2D eigenvalue weighted by Crippen LogP contribution is -2.56. The van der Waals surface area contributed by atoms with Crippen molar-refractivity contribution in [2.75, 3.05) is 13.1 Å². The average molecular weight is 351 g/mol. The smallest absolute Gasteiger partial charge is 0.332 e. The normalized spacial score (nSPS) is 16.2. The van der Waals surface area contributed by atoms with Gasteiger partial charge in [-0.05, 0) is 51.3 Å². The molecule has 1 atom stereocenters. The fraction of sp³-hybridized carbons (Fsp3) is 0.556. The quantitative estimate of drug-likeness (QED) is 0.817. The van der Waals surface area contributed by atoms with Crippen molar-refractivity contribution >= 4 is 12.0 Å². The van der Waals surface area contributed by atoms with Crippen molar-refractivity contribution in [3.63, 3.8) is 0 Å². The Bertz CT molecular complexity index is 593. The molecule has 1 aliphatic heterocycles. The number of halogens is 1. The van der Waals surface area contributed by atoms with Gasteiger partial charge in [-0.15, -0.1) is 0 Å². The Balaban J connectivity index is 2.08. The van der Waals surface area contributed by atoms with E-state index < -0.39 is 17.6 Å². The monoisotopic (exact) mass is 351 g/mol. The molecule has 2 N–H and O–H groups in total. The van der Waals surface area contributed by atoms with E-state index in [4.69, 9.17) is 4.74 Å². The zero-order valence-corrected chi connectivity index (χ0v) is 15.0. The molecule has 0 aromatic heterocycles. The maximum Gasteiger partial charge on any atom is 0.332 e. The van der Waals surface area contributed by atoms with Crippen LogP contribution in [0.25, 0.3) is 0 Å². The van der Waals surface area contributed by atoms with Crippen molar-refractivity contribution < 1.29 is 18.7 Å². The Morgan fingerprint density at radius 3 is 2.52 bits per heavy atom. The summed E-state index contributed by atoms with van der Waals surface area (Å²) in [7, 11) is 0. The summed E-state index contributed by atoms with van der Waals surface area (Å²) >= 11 is 0. The molecule has 1 aromatic carbocycles. The van der Waals surface area contributed by atoms with Crippen molar-refractivity contribution in [1.82, 2.24) is 15.8 Å². The van der Waals surface area contributed by atoms with Crippen LogP contribution in [0.15, 0.2) is 24.3 Å². The highest BCUT2D eigenvalue weighted by atomic mass is 19.1. The third kappa shape index (κ3) is 6.34. The first-order valence-electron chi connectivity index (χ1n) is 8.53. The van der Waals surface area contributed by atoms with Crippen molar-refractivity contribution in [3.8, 4) is 0 Å². The summed E-state index contributed by atoms with van der Waals surface area (Å²) in [5.41, 5.74) is 3.08. The molecule has 0 saturated carbocycles. The van der Waals surface area contributed by atoms with Gasteiger partial charge >= 0.3 is 12.0 Å². The van der Waals surface area contributed by atoms with Crippen LogP contribution >= 0.6 is 0 Å². The summed E-state index contributed by atoms with van der Waals surface area (Å²) in [6, 6.07) is 4.64. The second kappa shape index (κ2) is 8.29. The number of carbonyl (C=O) groups excluding carboxylic acids is 2. The molecule has 6 nitrogen and oxygen atoms in total. The summed E-state index contributed by atoms with van der Waals surface area (Å²) in [5.74, 6) is -0.860. The number of esters is 1. The molecule has 2 amide bonds. The minimum absolute atomic E-state index is 0.231. The standard InChI is InChI=1S/C18H26FN3O3/c1-18(2,3)25-16(23)15(12-13-6-8-14(19)9-7-13)21-17(24)22-11-5-4-10-20-22/h6-9,15,20H,4-5,10-12H2,1-3H3,(H,21,24)/t15-/m0/s1. The lowest BCUT2D eigenvalue weighted by Gasteiger charge is -2.30. The van der Waals surface area contributed by atoms with E-state index in [9.17, 15) is 14.0 Å². The maximum atomic E-state index is 13.1. The Morgan fingerprint density at radius 2 is 1.96 bits per heavy atom. The number of rotatable bonds is 4. The van der Waals surface area contributed by atoms with E-state index >= 15 is 0 Å². The van der Waals surface area contributed by atoms with Crippen LogP contribution in [0.3, 0.4) is 0 Å². The zero-order chi connectivity index (χ0) is 18.4. The Labute approximate surface area is 147 Å². The highest BCUT2D eigenvalue weighted by Gasteiger charge is 2.29. The average Bonchev–Trinajstić information content (AvgIpc) is 2.55. The van der Waals surface area contributed by atoms with Crippen molar-refractivity contribution in [2.45, 2.75) is 51.7 Å². The van der Waals surface area contributed by atoms with E-state index in [1.807, 2.05) is 0 Å². The van der Waals surface area contributed by atoms with Crippen molar-refractivity contribution in [3.05, 3.63) is 35.6 Å². The van der Waals surface area contributed by atoms with E-state index in [1.165, 1.54) is 17.1 Å². The molecule has 1 aliphatic rings. The van der Waals surface area contributed by atoms with Crippen molar-refractivity contribution in [1.29, 1.82) is 0 Å². The van der Waals surface area contributed by atoms with Crippen LogP contribution in [0.4, 0.5) is 9.18 Å². The molecule has 2 rings (SSSR count). The molecule has 0 aliphatic carbocycles. The number of nitrogens with zero attached hydrogens (tertiary/aromatic N) is 1. The molecule has 0 bridgehead atoms. The summed E-state index contributed by atoms with van der Waals surface area (Å²) < 4.78 is 18.5. The molecule has 0 unspecified atom stereocenters. The predicted octanol–water partition coefficient (Wildman–Crippen LogP) is 2.39. The van der Waals surface area contributed by atoms with Crippen LogP contribution in [0.5, 0.6) is 0 Å². The van der Waals surface area contributed by atoms with E-state index in [0.717, 1.165) is 24.9 Å². The third-order valence-electron chi connectivity index (χ3n) is 3.70. The summed E-state index contributed by atoms with van der Waals surface area (Å²) in [4.78, 5) is 24.9. The summed E-state index contributed by atoms with van der Waals surface area (Å²) in [5, 5.41) is 4.21. The molecule has 7 heteroatoms. The van der Waals surface area contributed by atoms with Gasteiger partial charge in [-0.2, -0.15) is 0 Å². The first-order valence-corrected chi connectivity index (χ1v) is 8.53. The molecule has 1 fully saturated rings. The highest BCUT2D eigenvalue weighted by molar-refractivity contribution is 5.84. The molecular formula is C18H26FN3O3. The lowest BCUT2D eigenvalue weighted by atomic mass is 10.1. The van der Waals surface area contributed by atoms with Gasteiger partial charge in [-0.3, -0.25) is 5.01 Å². The number of benzene rings is 1. The Morgan fingerprint density at radius 1 is 1.28 bits per heavy atom. The van der Waals surface area contributed by atoms with Crippen LogP contribution in [0.1, 0.15) is 39.2 Å². The molecule has 1 aromatic rings. The number of nitrogens with one attached hydrogen (secondary N) is 2. The maximum absolute atomic E-state index is 13.1. The first kappa shape index (κ1) is 19.2. The fourth-order valence-corrected chi connectivity index (χ4v) is 2.51. The van der Waals surface area contributed by atoms with Gasteiger partial charge in [0.2, 0.25) is 0 Å². The molecule has 138 valence electrons. The number of amides is 2. The Hall–Kier alpha value is -2.15. The zero-order valence-electron chi connectivity index (χ0n) is 15.0. The van der Waals surface area contributed by atoms with Gasteiger partial charge in [0.15, 0.2) is 0 Å². The largest absolute Gasteiger partial charge is 0.458 e. The van der Waals surface area contributed by atoms with E-state index in [2.05, 4.69) is 10.7 Å². The van der Waals surface area contributed by atoms with Gasteiger partial charge in [-0.1, -0.05) is 12.1 Å². The van der Waals surface area contributed by atoms with Gasteiger partial charge in [0.1, 0.15) is 17.5 Å². The predicted molar refractivity (Wildman–Crippen MR) is 92.2 cm³/mol. The minimum Gasteiger partial charge on any atom is -0.458 e. The SMILES string of the molecule is CC(C)(C)OC(=O)[C@H](Cc1ccc(F)cc1)NC(=O)N1CCCCN1. The highest BCUT2D eigenvalue weighted by Crippen LogP contribution is 2.13. The van der Waals surface area contributed by atoms with E-state index in [0.29, 0.717) is 6.54 Å². The van der Waals surface area contributed by atoms with E-state index in [1.54, 1.807) is 32.9 Å². The molecule has 0 spiro atoms. The van der Waals surface area contributed by atoms with Crippen LogP contribution in [0.2, 0.25) is 0 Å². The summed E-state index contributed by atoms with van der Waals surface area (Å²) in [6.45, 7) is 6.63. The molecule has 25 heavy (non-hydrogen) atoms. The topological polar surface area (TPSA) is 70.7 Å². The van der Waals surface area contributed by atoms with Crippen LogP contribution in [-0.4, -0.2) is 41.7 Å². The van der Waals surface area contributed by atoms with Gasteiger partial charge in [0.25, 0.3) is 0 Å². The third-order valence-corrected chi connectivity index (χ3v) is 3.70. The van der Waals surface area contributed by atoms with Crippen LogP contribution in [0, 0.1) is 5.82 Å². The number of hydrogen-bond acceptors (Lipinski definition) is 4. The van der Waals surface area contributed by atoms with Crippen LogP contribution in [-0.2, 0) is 16.0 Å². The number of hydrazine groups is 1. The fourth-order valence-electron chi connectivity index (χ4n) is 2.51. The molecule has 1 heterocycles.